The van der Waals surface area contributed by atoms with E-state index in [-0.39, 0.29) is 5.69 Å². The van der Waals surface area contributed by atoms with Crippen molar-refractivity contribution in [2.45, 2.75) is 6.42 Å². The fourth-order valence-corrected chi connectivity index (χ4v) is 1.87. The fraction of sp³-hybridized carbons (Fsp3) is 0.143. The molecule has 0 saturated heterocycles. The second kappa shape index (κ2) is 6.01. The normalized spacial score (nSPS) is 10.2. The molecule has 0 atom stereocenters. The average Bonchev–Trinajstić information content (AvgIpc) is 2.40. The molecule has 0 radical (unpaired) electrons. The molecule has 5 nitrogen and oxygen atoms in total. The van der Waals surface area contributed by atoms with Gasteiger partial charge < -0.3 is 11.1 Å². The maximum atomic E-state index is 13.4. The van der Waals surface area contributed by atoms with Crippen LogP contribution in [0.15, 0.2) is 42.5 Å². The Morgan fingerprint density at radius 2 is 1.90 bits per heavy atom. The van der Waals surface area contributed by atoms with E-state index in [2.05, 4.69) is 5.32 Å². The molecule has 0 aliphatic heterocycles. The van der Waals surface area contributed by atoms with Crippen LogP contribution in [0.1, 0.15) is 5.56 Å². The largest absolute Gasteiger partial charge is 0.399 e. The van der Waals surface area contributed by atoms with Gasteiger partial charge in [0.05, 0.1) is 4.92 Å². The van der Waals surface area contributed by atoms with Gasteiger partial charge >= 0.3 is 5.69 Å². The highest BCUT2D eigenvalue weighted by Crippen LogP contribution is 2.27. The maximum Gasteiger partial charge on any atom is 0.327 e. The van der Waals surface area contributed by atoms with Gasteiger partial charge in [-0.15, -0.1) is 0 Å². The zero-order valence-corrected chi connectivity index (χ0v) is 10.7. The lowest BCUT2D eigenvalue weighted by molar-refractivity contribution is -0.386. The summed E-state index contributed by atoms with van der Waals surface area (Å²) in [6.45, 7) is 0.466. The number of rotatable bonds is 5. The van der Waals surface area contributed by atoms with Crippen LogP contribution in [0.2, 0.25) is 0 Å². The first-order valence-electron chi connectivity index (χ1n) is 6.09. The Morgan fingerprint density at radius 1 is 1.20 bits per heavy atom. The number of nitrogens with zero attached hydrogens (tertiary/aromatic N) is 1. The molecular formula is C14H14FN3O2. The quantitative estimate of drug-likeness (QED) is 0.499. The van der Waals surface area contributed by atoms with Crippen LogP contribution in [0.4, 0.5) is 21.5 Å². The Morgan fingerprint density at radius 3 is 2.55 bits per heavy atom. The predicted octanol–water partition coefficient (Wildman–Crippen LogP) is 2.97. The third-order valence-electron chi connectivity index (χ3n) is 2.88. The third kappa shape index (κ3) is 3.23. The van der Waals surface area contributed by atoms with Crippen molar-refractivity contribution in [3.05, 3.63) is 64.0 Å². The second-order valence-corrected chi connectivity index (χ2v) is 4.31. The second-order valence-electron chi connectivity index (χ2n) is 4.31. The summed E-state index contributed by atoms with van der Waals surface area (Å²) >= 11 is 0. The van der Waals surface area contributed by atoms with Crippen molar-refractivity contribution in [1.29, 1.82) is 0 Å². The van der Waals surface area contributed by atoms with Gasteiger partial charge in [-0.3, -0.25) is 10.1 Å². The molecule has 0 unspecified atom stereocenters. The minimum absolute atomic E-state index is 0.186. The lowest BCUT2D eigenvalue weighted by atomic mass is 10.1. The van der Waals surface area contributed by atoms with Gasteiger partial charge in [0.15, 0.2) is 0 Å². The van der Waals surface area contributed by atoms with Crippen LogP contribution in [-0.4, -0.2) is 11.5 Å². The lowest BCUT2D eigenvalue weighted by Crippen LogP contribution is -2.07. The Labute approximate surface area is 115 Å². The van der Waals surface area contributed by atoms with Crippen molar-refractivity contribution in [3.8, 4) is 0 Å². The molecule has 0 saturated carbocycles. The average molecular weight is 275 g/mol. The van der Waals surface area contributed by atoms with Gasteiger partial charge in [0, 0.05) is 12.2 Å². The topological polar surface area (TPSA) is 81.2 Å². The minimum atomic E-state index is -0.840. The Balaban J connectivity index is 2.02. The van der Waals surface area contributed by atoms with Crippen molar-refractivity contribution < 1.29 is 9.31 Å². The van der Waals surface area contributed by atoms with Crippen molar-refractivity contribution in [2.24, 2.45) is 0 Å². The van der Waals surface area contributed by atoms with Crippen LogP contribution in [0.25, 0.3) is 0 Å². The van der Waals surface area contributed by atoms with E-state index in [4.69, 9.17) is 5.73 Å². The van der Waals surface area contributed by atoms with Crippen molar-refractivity contribution in [3.63, 3.8) is 0 Å². The summed E-state index contributed by atoms with van der Waals surface area (Å²) in [6.07, 6.45) is 0.661. The molecule has 104 valence electrons. The summed E-state index contributed by atoms with van der Waals surface area (Å²) < 4.78 is 13.4. The number of para-hydroxylation sites is 1. The first kappa shape index (κ1) is 13.8. The molecule has 0 spiro atoms. The molecule has 0 fully saturated rings. The lowest BCUT2D eigenvalue weighted by Gasteiger charge is -2.07. The molecule has 2 aromatic rings. The predicted molar refractivity (Wildman–Crippen MR) is 76.1 cm³/mol. The number of anilines is 2. The van der Waals surface area contributed by atoms with Crippen LogP contribution < -0.4 is 11.1 Å². The fourth-order valence-electron chi connectivity index (χ4n) is 1.87. The van der Waals surface area contributed by atoms with E-state index in [0.29, 0.717) is 18.7 Å². The molecule has 0 aromatic heterocycles. The summed E-state index contributed by atoms with van der Waals surface area (Å²) in [4.78, 5) is 10.1. The zero-order chi connectivity index (χ0) is 14.5. The van der Waals surface area contributed by atoms with Crippen LogP contribution in [0.5, 0.6) is 0 Å². The molecule has 0 amide bonds. The van der Waals surface area contributed by atoms with Crippen molar-refractivity contribution in [2.75, 3.05) is 17.6 Å². The maximum absolute atomic E-state index is 13.4. The van der Waals surface area contributed by atoms with E-state index in [1.165, 1.54) is 12.1 Å². The summed E-state index contributed by atoms with van der Waals surface area (Å²) in [6, 6.07) is 11.4. The zero-order valence-electron chi connectivity index (χ0n) is 10.7. The number of hydrogen-bond acceptors (Lipinski definition) is 4. The summed E-state index contributed by atoms with van der Waals surface area (Å²) in [5, 5.41) is 13.7. The van der Waals surface area contributed by atoms with Gasteiger partial charge in [0.25, 0.3) is 0 Å². The van der Waals surface area contributed by atoms with Gasteiger partial charge in [-0.05, 0) is 36.2 Å². The molecule has 20 heavy (non-hydrogen) atoms. The number of halogens is 1. The SMILES string of the molecule is Nc1ccc(CCNc2cccc(F)c2[N+](=O)[O-])cc1. The number of nitrogens with two attached hydrogens (primary N) is 1. The van der Waals surface area contributed by atoms with E-state index in [1.807, 2.05) is 12.1 Å². The Bertz CT molecular complexity index is 614. The first-order chi connectivity index (χ1) is 9.58. The number of nitro benzene ring substituents is 1. The monoisotopic (exact) mass is 275 g/mol. The van der Waals surface area contributed by atoms with Gasteiger partial charge in [-0.2, -0.15) is 4.39 Å². The third-order valence-corrected chi connectivity index (χ3v) is 2.88. The van der Waals surface area contributed by atoms with Crippen LogP contribution in [0.3, 0.4) is 0 Å². The molecule has 2 aromatic carbocycles. The molecule has 6 heteroatoms. The smallest absolute Gasteiger partial charge is 0.327 e. The molecule has 3 N–H and O–H groups in total. The van der Waals surface area contributed by atoms with Gasteiger partial charge in [-0.25, -0.2) is 0 Å². The molecule has 0 aliphatic rings. The standard InChI is InChI=1S/C14H14FN3O2/c15-12-2-1-3-13(14(12)18(19)20)17-9-8-10-4-6-11(16)7-5-10/h1-7,17H,8-9,16H2. The molecular weight excluding hydrogens is 261 g/mol. The number of nitrogen functional groups attached to an aromatic ring is 1. The van der Waals surface area contributed by atoms with Crippen LogP contribution in [-0.2, 0) is 6.42 Å². The summed E-state index contributed by atoms with van der Waals surface area (Å²) in [7, 11) is 0. The minimum Gasteiger partial charge on any atom is -0.399 e. The van der Waals surface area contributed by atoms with Gasteiger partial charge in [-0.1, -0.05) is 18.2 Å². The highest BCUT2D eigenvalue weighted by molar-refractivity contribution is 5.62. The molecule has 0 heterocycles. The summed E-state index contributed by atoms with van der Waals surface area (Å²) in [5.41, 5.74) is 6.98. The number of nitro groups is 1. The van der Waals surface area contributed by atoms with Gasteiger partial charge in [0.2, 0.25) is 5.82 Å². The molecule has 0 aliphatic carbocycles. The summed E-state index contributed by atoms with van der Waals surface area (Å²) in [5.74, 6) is -0.840. The number of benzene rings is 2. The molecule has 0 bridgehead atoms. The van der Waals surface area contributed by atoms with Crippen LogP contribution >= 0.6 is 0 Å². The Kier molecular flexibility index (Phi) is 4.14. The number of nitrogens with one attached hydrogen (secondary N) is 1. The van der Waals surface area contributed by atoms with Gasteiger partial charge in [0.1, 0.15) is 5.69 Å². The van der Waals surface area contributed by atoms with E-state index >= 15 is 0 Å². The Hall–Kier alpha value is -2.63. The van der Waals surface area contributed by atoms with E-state index in [0.717, 1.165) is 11.6 Å². The van der Waals surface area contributed by atoms with E-state index < -0.39 is 16.4 Å². The van der Waals surface area contributed by atoms with Crippen molar-refractivity contribution in [1.82, 2.24) is 0 Å². The highest BCUT2D eigenvalue weighted by atomic mass is 19.1. The van der Waals surface area contributed by atoms with Crippen LogP contribution in [0, 0.1) is 15.9 Å². The highest BCUT2D eigenvalue weighted by Gasteiger charge is 2.19. The van der Waals surface area contributed by atoms with E-state index in [1.54, 1.807) is 12.1 Å². The van der Waals surface area contributed by atoms with Crippen molar-refractivity contribution >= 4 is 17.1 Å². The number of hydrogen-bond donors (Lipinski definition) is 2. The van der Waals surface area contributed by atoms with E-state index in [9.17, 15) is 14.5 Å². The first-order valence-corrected chi connectivity index (χ1v) is 6.09. The molecule has 2 rings (SSSR count).